The first-order valence-electron chi connectivity index (χ1n) is 9.34. The summed E-state index contributed by atoms with van der Waals surface area (Å²) in [6.07, 6.45) is 4.45. The Morgan fingerprint density at radius 3 is 2.69 bits per heavy atom. The first-order chi connectivity index (χ1) is 14.1. The number of nitrogens with one attached hydrogen (secondary N) is 3. The summed E-state index contributed by atoms with van der Waals surface area (Å²) in [6.45, 7) is 0.606. The van der Waals surface area contributed by atoms with Gasteiger partial charge in [0.1, 0.15) is 10.8 Å². The summed E-state index contributed by atoms with van der Waals surface area (Å²) in [5.74, 6) is 0.391. The van der Waals surface area contributed by atoms with Crippen LogP contribution in [0.5, 0.6) is 0 Å². The molecule has 4 rings (SSSR count). The Bertz CT molecular complexity index is 1010. The first kappa shape index (κ1) is 19.9. The summed E-state index contributed by atoms with van der Waals surface area (Å²) in [6, 6.07) is 11.1. The molecule has 2 aromatic heterocycles. The van der Waals surface area contributed by atoms with Gasteiger partial charge in [-0.25, -0.2) is 0 Å². The number of anilines is 2. The Morgan fingerprint density at radius 2 is 1.93 bits per heavy atom. The van der Waals surface area contributed by atoms with Crippen molar-refractivity contribution in [1.29, 1.82) is 0 Å². The minimum atomic E-state index is -0.189. The predicted octanol–water partition coefficient (Wildman–Crippen LogP) is 4.57. The van der Waals surface area contributed by atoms with Crippen LogP contribution in [-0.4, -0.2) is 18.4 Å². The van der Waals surface area contributed by atoms with Crippen molar-refractivity contribution in [3.63, 3.8) is 0 Å². The SMILES string of the molecule is O=C(CNCc1ccco1)Nc1sc2c(c1C(=O)Nc1ccc(Br)cc1)CCC2. The topological polar surface area (TPSA) is 83.4 Å². The number of carbonyl (C=O) groups is 2. The summed E-state index contributed by atoms with van der Waals surface area (Å²) in [5, 5.41) is 9.52. The minimum Gasteiger partial charge on any atom is -0.468 e. The fourth-order valence-electron chi connectivity index (χ4n) is 3.34. The van der Waals surface area contributed by atoms with E-state index in [9.17, 15) is 9.59 Å². The molecule has 150 valence electrons. The van der Waals surface area contributed by atoms with Crippen molar-refractivity contribution in [1.82, 2.24) is 5.32 Å². The molecule has 0 saturated heterocycles. The van der Waals surface area contributed by atoms with Crippen LogP contribution in [-0.2, 0) is 24.2 Å². The molecule has 3 N–H and O–H groups in total. The molecule has 8 heteroatoms. The summed E-state index contributed by atoms with van der Waals surface area (Å²) < 4.78 is 6.19. The normalized spacial score (nSPS) is 12.6. The number of furan rings is 1. The molecule has 6 nitrogen and oxygen atoms in total. The lowest BCUT2D eigenvalue weighted by Gasteiger charge is -2.10. The lowest BCUT2D eigenvalue weighted by atomic mass is 10.1. The summed E-state index contributed by atoms with van der Waals surface area (Å²) in [4.78, 5) is 26.6. The van der Waals surface area contributed by atoms with Crippen LogP contribution in [0.25, 0.3) is 0 Å². The highest BCUT2D eigenvalue weighted by molar-refractivity contribution is 9.10. The third kappa shape index (κ3) is 4.77. The van der Waals surface area contributed by atoms with E-state index >= 15 is 0 Å². The molecule has 0 unspecified atom stereocenters. The van der Waals surface area contributed by atoms with Crippen LogP contribution in [0.3, 0.4) is 0 Å². The van der Waals surface area contributed by atoms with Gasteiger partial charge in [0.05, 0.1) is 24.9 Å². The van der Waals surface area contributed by atoms with E-state index in [1.54, 1.807) is 12.3 Å². The van der Waals surface area contributed by atoms with Crippen molar-refractivity contribution in [2.45, 2.75) is 25.8 Å². The van der Waals surface area contributed by atoms with Gasteiger partial charge in [-0.3, -0.25) is 9.59 Å². The van der Waals surface area contributed by atoms with Gasteiger partial charge in [0, 0.05) is 15.0 Å². The summed E-state index contributed by atoms with van der Waals surface area (Å²) in [7, 11) is 0. The van der Waals surface area contributed by atoms with Crippen LogP contribution in [0.4, 0.5) is 10.7 Å². The van der Waals surface area contributed by atoms with E-state index in [1.807, 2.05) is 30.3 Å². The van der Waals surface area contributed by atoms with E-state index in [4.69, 9.17) is 4.42 Å². The van der Waals surface area contributed by atoms with Gasteiger partial charge in [0.2, 0.25) is 5.91 Å². The molecule has 0 spiro atoms. The molecule has 2 heterocycles. The maximum atomic E-state index is 13.0. The number of hydrogen-bond donors (Lipinski definition) is 3. The van der Waals surface area contributed by atoms with Gasteiger partial charge in [-0.05, 0) is 61.2 Å². The summed E-state index contributed by atoms with van der Waals surface area (Å²) in [5.41, 5.74) is 2.36. The number of aryl methyl sites for hydroxylation is 1. The van der Waals surface area contributed by atoms with Crippen molar-refractivity contribution in [3.05, 3.63) is 68.9 Å². The van der Waals surface area contributed by atoms with Crippen LogP contribution >= 0.6 is 27.3 Å². The molecule has 3 aromatic rings. The Balaban J connectivity index is 1.45. The molecule has 0 atom stereocenters. The lowest BCUT2D eigenvalue weighted by Crippen LogP contribution is -2.28. The van der Waals surface area contributed by atoms with Crippen molar-refractivity contribution in [2.24, 2.45) is 0 Å². The van der Waals surface area contributed by atoms with E-state index in [2.05, 4.69) is 31.9 Å². The van der Waals surface area contributed by atoms with E-state index in [0.717, 1.165) is 35.1 Å². The van der Waals surface area contributed by atoms with Gasteiger partial charge in [-0.2, -0.15) is 0 Å². The second-order valence-corrected chi connectivity index (χ2v) is 8.77. The van der Waals surface area contributed by atoms with Gasteiger partial charge in [-0.15, -0.1) is 11.3 Å². The van der Waals surface area contributed by atoms with Gasteiger partial charge in [-0.1, -0.05) is 15.9 Å². The third-order valence-corrected chi connectivity index (χ3v) is 6.40. The van der Waals surface area contributed by atoms with Gasteiger partial charge < -0.3 is 20.4 Å². The fourth-order valence-corrected chi connectivity index (χ4v) is 4.91. The molecule has 0 saturated carbocycles. The van der Waals surface area contributed by atoms with Gasteiger partial charge in [0.25, 0.3) is 5.91 Å². The van der Waals surface area contributed by atoms with E-state index in [1.165, 1.54) is 16.2 Å². The molecular formula is C21H20BrN3O3S. The smallest absolute Gasteiger partial charge is 0.258 e. The highest BCUT2D eigenvalue weighted by Crippen LogP contribution is 2.39. The number of amides is 2. The Labute approximate surface area is 180 Å². The zero-order chi connectivity index (χ0) is 20.2. The van der Waals surface area contributed by atoms with E-state index in [0.29, 0.717) is 22.8 Å². The van der Waals surface area contributed by atoms with Crippen molar-refractivity contribution >= 4 is 49.8 Å². The highest BCUT2D eigenvalue weighted by Gasteiger charge is 2.27. The van der Waals surface area contributed by atoms with Gasteiger partial charge >= 0.3 is 0 Å². The maximum Gasteiger partial charge on any atom is 0.258 e. The maximum absolute atomic E-state index is 13.0. The lowest BCUT2D eigenvalue weighted by molar-refractivity contribution is -0.115. The average Bonchev–Trinajstić information content (AvgIpc) is 3.41. The molecule has 0 fully saturated rings. The number of hydrogen-bond acceptors (Lipinski definition) is 5. The Morgan fingerprint density at radius 1 is 1.10 bits per heavy atom. The van der Waals surface area contributed by atoms with Crippen molar-refractivity contribution in [2.75, 3.05) is 17.2 Å². The monoisotopic (exact) mass is 473 g/mol. The number of rotatable bonds is 7. The molecule has 1 aliphatic carbocycles. The molecule has 0 aliphatic heterocycles. The fraction of sp³-hybridized carbons (Fsp3) is 0.238. The molecule has 0 radical (unpaired) electrons. The largest absolute Gasteiger partial charge is 0.468 e. The van der Waals surface area contributed by atoms with Crippen molar-refractivity contribution in [3.8, 4) is 0 Å². The third-order valence-electron chi connectivity index (χ3n) is 4.67. The van der Waals surface area contributed by atoms with Gasteiger partial charge in [0.15, 0.2) is 0 Å². The molecule has 1 aliphatic rings. The van der Waals surface area contributed by atoms with E-state index < -0.39 is 0 Å². The van der Waals surface area contributed by atoms with Crippen LogP contribution in [0, 0.1) is 0 Å². The zero-order valence-electron chi connectivity index (χ0n) is 15.6. The molecule has 1 aromatic carbocycles. The highest BCUT2D eigenvalue weighted by atomic mass is 79.9. The Hall–Kier alpha value is -2.42. The van der Waals surface area contributed by atoms with Crippen LogP contribution in [0.15, 0.2) is 51.6 Å². The number of carbonyl (C=O) groups excluding carboxylic acids is 2. The van der Waals surface area contributed by atoms with Crippen LogP contribution in [0.2, 0.25) is 0 Å². The Kier molecular flexibility index (Phi) is 6.13. The second kappa shape index (κ2) is 8.94. The summed E-state index contributed by atoms with van der Waals surface area (Å²) >= 11 is 4.90. The second-order valence-electron chi connectivity index (χ2n) is 6.75. The number of thiophene rings is 1. The van der Waals surface area contributed by atoms with Crippen LogP contribution in [0.1, 0.15) is 33.0 Å². The zero-order valence-corrected chi connectivity index (χ0v) is 18.0. The first-order valence-corrected chi connectivity index (χ1v) is 11.0. The quantitative estimate of drug-likeness (QED) is 0.469. The molecule has 0 bridgehead atoms. The molecular weight excluding hydrogens is 454 g/mol. The standard InChI is InChI=1S/C21H20BrN3O3S/c22-13-6-8-14(9-7-13)24-20(27)19-16-4-1-5-17(16)29-21(19)25-18(26)12-23-11-15-3-2-10-28-15/h2-3,6-10,23H,1,4-5,11-12H2,(H,24,27)(H,25,26). The van der Waals surface area contributed by atoms with E-state index in [-0.39, 0.29) is 18.4 Å². The van der Waals surface area contributed by atoms with Crippen molar-refractivity contribution < 1.29 is 14.0 Å². The molecule has 29 heavy (non-hydrogen) atoms. The number of halogens is 1. The molecule has 2 amide bonds. The number of benzene rings is 1. The average molecular weight is 474 g/mol. The number of fused-ring (bicyclic) bond motifs is 1. The van der Waals surface area contributed by atoms with Crippen LogP contribution < -0.4 is 16.0 Å². The predicted molar refractivity (Wildman–Crippen MR) is 117 cm³/mol. The minimum absolute atomic E-state index is 0.136.